The van der Waals surface area contributed by atoms with Crippen LogP contribution in [-0.4, -0.2) is 12.2 Å². The van der Waals surface area contributed by atoms with E-state index in [9.17, 15) is 5.11 Å². The van der Waals surface area contributed by atoms with Crippen molar-refractivity contribution in [2.75, 3.05) is 7.11 Å². The second-order valence-electron chi connectivity index (χ2n) is 5.07. The van der Waals surface area contributed by atoms with E-state index >= 15 is 0 Å². The van der Waals surface area contributed by atoms with Crippen molar-refractivity contribution in [3.8, 4) is 11.5 Å². The topological polar surface area (TPSA) is 55.5 Å². The Bertz CT molecular complexity index is 465. The average Bonchev–Trinajstić information content (AvgIpc) is 2.45. The van der Waals surface area contributed by atoms with Crippen molar-refractivity contribution < 1.29 is 9.84 Å². The Hall–Kier alpha value is 0.0300. The Morgan fingerprint density at radius 1 is 1.25 bits per heavy atom. The summed E-state index contributed by atoms with van der Waals surface area (Å²) in [5.41, 5.74) is 7.42. The summed E-state index contributed by atoms with van der Waals surface area (Å²) in [5, 5.41) is 9.95. The molecule has 0 amide bonds. The van der Waals surface area contributed by atoms with Gasteiger partial charge in [0.1, 0.15) is 0 Å². The third-order valence-corrected chi connectivity index (χ3v) is 6.07. The number of phenolic OH excluding ortho intramolecular Hbond substituents is 1. The molecule has 0 spiro atoms. The van der Waals surface area contributed by atoms with E-state index in [0.29, 0.717) is 16.1 Å². The van der Waals surface area contributed by atoms with Crippen LogP contribution in [-0.2, 0) is 0 Å². The minimum atomic E-state index is -0.0273. The lowest BCUT2D eigenvalue weighted by Gasteiger charge is -2.29. The highest BCUT2D eigenvalue weighted by Gasteiger charge is 2.26. The summed E-state index contributed by atoms with van der Waals surface area (Å²) in [4.78, 5) is 0. The maximum atomic E-state index is 9.95. The standard InChI is InChI=1S/C14H19Br2NO2.ClH/c1-19-10-7-9(11(15)12(16)14(10)18)13(17)8-5-3-2-4-6-8;/h7-8,13,18H,2-6,17H2,1H3;1H/t13-;/m1./s1. The monoisotopic (exact) mass is 427 g/mol. The van der Waals surface area contributed by atoms with Crippen molar-refractivity contribution in [3.05, 3.63) is 20.6 Å². The van der Waals surface area contributed by atoms with Crippen LogP contribution in [0.3, 0.4) is 0 Å². The van der Waals surface area contributed by atoms with E-state index in [1.54, 1.807) is 7.11 Å². The van der Waals surface area contributed by atoms with Crippen LogP contribution in [0.25, 0.3) is 0 Å². The normalized spacial score (nSPS) is 17.4. The lowest BCUT2D eigenvalue weighted by atomic mass is 9.81. The van der Waals surface area contributed by atoms with Crippen LogP contribution in [0.4, 0.5) is 0 Å². The molecular weight excluding hydrogens is 409 g/mol. The first kappa shape index (κ1) is 18.1. The number of halogens is 3. The van der Waals surface area contributed by atoms with Crippen LogP contribution in [0, 0.1) is 5.92 Å². The molecule has 1 fully saturated rings. The molecule has 1 aliphatic carbocycles. The summed E-state index contributed by atoms with van der Waals surface area (Å²) in [7, 11) is 1.55. The lowest BCUT2D eigenvalue weighted by molar-refractivity contribution is 0.306. The SMILES string of the molecule is COc1cc([C@H](N)C2CCCCC2)c(Br)c(Br)c1O.Cl. The molecule has 0 unspecified atom stereocenters. The van der Waals surface area contributed by atoms with Gasteiger partial charge in [0.05, 0.1) is 11.6 Å². The van der Waals surface area contributed by atoms with Crippen molar-refractivity contribution in [3.63, 3.8) is 0 Å². The third kappa shape index (κ3) is 3.62. The fourth-order valence-corrected chi connectivity index (χ4v) is 3.75. The van der Waals surface area contributed by atoms with Crippen molar-refractivity contribution in [2.45, 2.75) is 38.1 Å². The summed E-state index contributed by atoms with van der Waals surface area (Å²) in [6.07, 6.45) is 6.18. The molecule has 1 aromatic rings. The zero-order chi connectivity index (χ0) is 14.0. The molecule has 0 saturated heterocycles. The van der Waals surface area contributed by atoms with Gasteiger partial charge in [-0.1, -0.05) is 19.3 Å². The molecule has 1 atom stereocenters. The molecule has 0 radical (unpaired) electrons. The third-order valence-electron chi connectivity index (χ3n) is 3.91. The van der Waals surface area contributed by atoms with Gasteiger partial charge in [-0.3, -0.25) is 0 Å². The summed E-state index contributed by atoms with van der Waals surface area (Å²) >= 11 is 6.90. The number of phenols is 1. The van der Waals surface area contributed by atoms with Gasteiger partial charge in [-0.15, -0.1) is 12.4 Å². The zero-order valence-corrected chi connectivity index (χ0v) is 15.4. The van der Waals surface area contributed by atoms with Gasteiger partial charge >= 0.3 is 0 Å². The second kappa shape index (κ2) is 7.87. The molecule has 3 nitrogen and oxygen atoms in total. The summed E-state index contributed by atoms with van der Waals surface area (Å²) in [5.74, 6) is 1.07. The molecule has 1 aliphatic rings. The average molecular weight is 430 g/mol. The highest BCUT2D eigenvalue weighted by atomic mass is 79.9. The number of hydrogen-bond donors (Lipinski definition) is 2. The molecule has 1 saturated carbocycles. The van der Waals surface area contributed by atoms with Gasteiger partial charge in [0.25, 0.3) is 0 Å². The number of nitrogens with two attached hydrogens (primary N) is 1. The summed E-state index contributed by atoms with van der Waals surface area (Å²) in [6, 6.07) is 1.81. The Labute approximate surface area is 142 Å². The zero-order valence-electron chi connectivity index (χ0n) is 11.4. The Kier molecular flexibility index (Phi) is 7.12. The van der Waals surface area contributed by atoms with Crippen molar-refractivity contribution in [1.29, 1.82) is 0 Å². The molecule has 6 heteroatoms. The number of ether oxygens (including phenoxy) is 1. The first-order valence-electron chi connectivity index (χ1n) is 6.56. The molecule has 114 valence electrons. The first-order chi connectivity index (χ1) is 9.06. The van der Waals surface area contributed by atoms with Crippen molar-refractivity contribution >= 4 is 44.3 Å². The highest BCUT2D eigenvalue weighted by Crippen LogP contribution is 2.45. The lowest BCUT2D eigenvalue weighted by Crippen LogP contribution is -2.24. The van der Waals surface area contributed by atoms with Gasteiger partial charge in [-0.25, -0.2) is 0 Å². The number of hydrogen-bond acceptors (Lipinski definition) is 3. The smallest absolute Gasteiger partial charge is 0.173 e. The van der Waals surface area contributed by atoms with Crippen LogP contribution in [0.15, 0.2) is 15.0 Å². The van der Waals surface area contributed by atoms with Gasteiger partial charge in [0.2, 0.25) is 0 Å². The van der Waals surface area contributed by atoms with Gasteiger partial charge in [-0.2, -0.15) is 0 Å². The fraction of sp³-hybridized carbons (Fsp3) is 0.571. The van der Waals surface area contributed by atoms with Crippen LogP contribution < -0.4 is 10.5 Å². The second-order valence-corrected chi connectivity index (χ2v) is 6.65. The minimum absolute atomic E-state index is 0. The first-order valence-corrected chi connectivity index (χ1v) is 8.15. The van der Waals surface area contributed by atoms with Crippen LogP contribution >= 0.6 is 44.3 Å². The largest absolute Gasteiger partial charge is 0.503 e. The molecule has 3 N–H and O–H groups in total. The molecule has 0 bridgehead atoms. The molecule has 0 aromatic heterocycles. The fourth-order valence-electron chi connectivity index (χ4n) is 2.76. The van der Waals surface area contributed by atoms with E-state index in [1.165, 1.54) is 32.1 Å². The minimum Gasteiger partial charge on any atom is -0.503 e. The number of aromatic hydroxyl groups is 1. The summed E-state index contributed by atoms with van der Waals surface area (Å²) < 4.78 is 6.63. The molecule has 20 heavy (non-hydrogen) atoms. The maximum Gasteiger partial charge on any atom is 0.173 e. The van der Waals surface area contributed by atoms with E-state index in [0.717, 1.165) is 10.0 Å². The van der Waals surface area contributed by atoms with Crippen LogP contribution in [0.2, 0.25) is 0 Å². The molecule has 0 aliphatic heterocycles. The van der Waals surface area contributed by atoms with E-state index in [2.05, 4.69) is 31.9 Å². The quantitative estimate of drug-likeness (QED) is 0.717. The Morgan fingerprint density at radius 2 is 1.85 bits per heavy atom. The van der Waals surface area contributed by atoms with E-state index in [4.69, 9.17) is 10.5 Å². The van der Waals surface area contributed by atoms with E-state index < -0.39 is 0 Å². The van der Waals surface area contributed by atoms with Crippen molar-refractivity contribution in [1.82, 2.24) is 0 Å². The Morgan fingerprint density at radius 3 is 2.40 bits per heavy atom. The van der Waals surface area contributed by atoms with Gasteiger partial charge in [0, 0.05) is 10.5 Å². The Balaban J connectivity index is 0.00000200. The van der Waals surface area contributed by atoms with E-state index in [1.807, 2.05) is 6.07 Å². The highest BCUT2D eigenvalue weighted by molar-refractivity contribution is 9.13. The summed E-state index contributed by atoms with van der Waals surface area (Å²) in [6.45, 7) is 0. The molecule has 2 rings (SSSR count). The van der Waals surface area contributed by atoms with Crippen LogP contribution in [0.1, 0.15) is 43.7 Å². The van der Waals surface area contributed by atoms with Gasteiger partial charge < -0.3 is 15.6 Å². The molecule has 1 aromatic carbocycles. The molecule has 0 heterocycles. The van der Waals surface area contributed by atoms with E-state index in [-0.39, 0.29) is 24.2 Å². The maximum absolute atomic E-state index is 9.95. The van der Waals surface area contributed by atoms with Gasteiger partial charge in [0.15, 0.2) is 11.5 Å². The predicted molar refractivity (Wildman–Crippen MR) is 90.8 cm³/mol. The predicted octanol–water partition coefficient (Wildman–Crippen LogP) is 4.93. The number of benzene rings is 1. The molecular formula is C14H20Br2ClNO2. The number of methoxy groups -OCH3 is 1. The van der Waals surface area contributed by atoms with Crippen LogP contribution in [0.5, 0.6) is 11.5 Å². The van der Waals surface area contributed by atoms with Crippen molar-refractivity contribution in [2.24, 2.45) is 11.7 Å². The van der Waals surface area contributed by atoms with Gasteiger partial charge in [-0.05, 0) is 62.2 Å². The number of rotatable bonds is 3.